The first-order chi connectivity index (χ1) is 15.7. The van der Waals surface area contributed by atoms with Gasteiger partial charge >= 0.3 is 0 Å². The topological polar surface area (TPSA) is 103 Å². The summed E-state index contributed by atoms with van der Waals surface area (Å²) in [5.41, 5.74) is 2.46. The van der Waals surface area contributed by atoms with Gasteiger partial charge in [0.2, 0.25) is 0 Å². The molecule has 0 amide bonds. The number of non-ortho nitro benzene ring substituents is 1. The van der Waals surface area contributed by atoms with Crippen molar-refractivity contribution in [3.8, 4) is 11.3 Å². The van der Waals surface area contributed by atoms with Crippen LogP contribution in [-0.2, 0) is 0 Å². The maximum Gasteiger partial charge on any atom is 0.270 e. The van der Waals surface area contributed by atoms with Gasteiger partial charge in [0.25, 0.3) is 5.69 Å². The molecule has 9 heteroatoms. The van der Waals surface area contributed by atoms with Crippen molar-refractivity contribution in [3.63, 3.8) is 0 Å². The van der Waals surface area contributed by atoms with E-state index in [0.29, 0.717) is 11.7 Å². The Kier molecular flexibility index (Phi) is 8.13. The molecule has 2 fully saturated rings. The number of aromatic nitrogens is 3. The molecule has 172 valence electrons. The molecule has 0 aliphatic carbocycles. The number of benzene rings is 1. The summed E-state index contributed by atoms with van der Waals surface area (Å²) >= 11 is 0. The first-order valence-corrected chi connectivity index (χ1v) is 11.5. The number of nitro benzene ring substituents is 1. The Balaban J connectivity index is 0.000000686. The number of rotatable bonds is 4. The molecule has 0 spiro atoms. The third-order valence-corrected chi connectivity index (χ3v) is 5.69. The highest BCUT2D eigenvalue weighted by Crippen LogP contribution is 2.30. The molecule has 9 nitrogen and oxygen atoms in total. The van der Waals surface area contributed by atoms with E-state index in [0.717, 1.165) is 61.6 Å². The van der Waals surface area contributed by atoms with Crippen LogP contribution in [0.25, 0.3) is 22.2 Å². The van der Waals surface area contributed by atoms with E-state index in [1.165, 1.54) is 6.07 Å². The van der Waals surface area contributed by atoms with Crippen molar-refractivity contribution < 1.29 is 4.92 Å². The van der Waals surface area contributed by atoms with Gasteiger partial charge in [-0.15, -0.1) is 0 Å². The second-order valence-corrected chi connectivity index (χ2v) is 7.30. The molecule has 3 aromatic rings. The third kappa shape index (κ3) is 4.89. The van der Waals surface area contributed by atoms with Gasteiger partial charge in [0, 0.05) is 74.6 Å². The second kappa shape index (κ2) is 11.0. The van der Waals surface area contributed by atoms with Gasteiger partial charge in [-0.2, -0.15) is 5.10 Å². The molecular formula is C23H33N7O2. The number of fused-ring (bicyclic) bond motifs is 1. The molecule has 2 N–H and O–H groups in total. The minimum Gasteiger partial charge on any atom is -0.354 e. The summed E-state index contributed by atoms with van der Waals surface area (Å²) in [6.07, 6.45) is 1.78. The Morgan fingerprint density at radius 2 is 1.75 bits per heavy atom. The number of pyridine rings is 1. The lowest BCUT2D eigenvalue weighted by atomic mass is 10.1. The van der Waals surface area contributed by atoms with E-state index >= 15 is 0 Å². The summed E-state index contributed by atoms with van der Waals surface area (Å²) < 4.78 is 0. The molecule has 4 heterocycles. The molecule has 0 radical (unpaired) electrons. The molecular weight excluding hydrogens is 406 g/mol. The zero-order chi connectivity index (χ0) is 23.1. The standard InChI is InChI=1S/C19H21N7O2.2C2H6/c27-26(28)14-1-2-17-16(10-14)19(23-22-17)13-3-4-21-18(9-13)25-7-5-24(6-8-25)15-11-20-12-15;2*1-2/h1-4,9-10,15,20H,5-8,11-12H2,(H,22,23);2*1-2H3. The van der Waals surface area contributed by atoms with Crippen LogP contribution >= 0.6 is 0 Å². The summed E-state index contributed by atoms with van der Waals surface area (Å²) in [5.74, 6) is 0.922. The number of nitrogens with zero attached hydrogens (tertiary/aromatic N) is 5. The number of nitrogens with one attached hydrogen (secondary N) is 2. The molecule has 0 unspecified atom stereocenters. The number of H-pyrrole nitrogens is 1. The van der Waals surface area contributed by atoms with Gasteiger partial charge in [-0.05, 0) is 18.2 Å². The highest BCUT2D eigenvalue weighted by molar-refractivity contribution is 5.94. The third-order valence-electron chi connectivity index (χ3n) is 5.69. The van der Waals surface area contributed by atoms with Gasteiger partial charge in [0.15, 0.2) is 0 Å². The maximum absolute atomic E-state index is 11.1. The fourth-order valence-electron chi connectivity index (χ4n) is 3.92. The van der Waals surface area contributed by atoms with Crippen LogP contribution in [0, 0.1) is 10.1 Å². The lowest BCUT2D eigenvalue weighted by Crippen LogP contribution is -2.61. The van der Waals surface area contributed by atoms with Crippen molar-refractivity contribution in [1.82, 2.24) is 25.4 Å². The monoisotopic (exact) mass is 439 g/mol. The average Bonchev–Trinajstić information content (AvgIpc) is 3.24. The van der Waals surface area contributed by atoms with Crippen LogP contribution in [-0.4, -0.2) is 70.3 Å². The fraction of sp³-hybridized carbons (Fsp3) is 0.478. The van der Waals surface area contributed by atoms with Crippen LogP contribution in [0.15, 0.2) is 36.5 Å². The van der Waals surface area contributed by atoms with Gasteiger partial charge in [-0.1, -0.05) is 27.7 Å². The van der Waals surface area contributed by atoms with Gasteiger partial charge < -0.3 is 10.2 Å². The zero-order valence-electron chi connectivity index (χ0n) is 19.3. The predicted octanol–water partition coefficient (Wildman–Crippen LogP) is 3.68. The van der Waals surface area contributed by atoms with Crippen LogP contribution in [0.2, 0.25) is 0 Å². The number of piperazine rings is 1. The van der Waals surface area contributed by atoms with Gasteiger partial charge in [0.05, 0.1) is 10.4 Å². The highest BCUT2D eigenvalue weighted by Gasteiger charge is 2.28. The van der Waals surface area contributed by atoms with Crippen molar-refractivity contribution in [1.29, 1.82) is 0 Å². The molecule has 2 saturated heterocycles. The lowest BCUT2D eigenvalue weighted by molar-refractivity contribution is -0.384. The lowest BCUT2D eigenvalue weighted by Gasteiger charge is -2.43. The van der Waals surface area contributed by atoms with Gasteiger partial charge in [-0.25, -0.2) is 4.98 Å². The van der Waals surface area contributed by atoms with Crippen LogP contribution in [0.4, 0.5) is 11.5 Å². The van der Waals surface area contributed by atoms with Crippen molar-refractivity contribution >= 4 is 22.4 Å². The van der Waals surface area contributed by atoms with Crippen molar-refractivity contribution in [2.75, 3.05) is 44.2 Å². The quantitative estimate of drug-likeness (QED) is 0.472. The molecule has 2 aromatic heterocycles. The van der Waals surface area contributed by atoms with E-state index in [4.69, 9.17) is 0 Å². The van der Waals surface area contributed by atoms with Crippen LogP contribution in [0.5, 0.6) is 0 Å². The largest absolute Gasteiger partial charge is 0.354 e. The number of hydrogen-bond acceptors (Lipinski definition) is 7. The SMILES string of the molecule is CC.CC.O=[N+]([O-])c1ccc2[nH]nc(-c3ccnc(N4CCN(C5CNC5)CC4)c3)c2c1. The van der Waals surface area contributed by atoms with Gasteiger partial charge in [0.1, 0.15) is 11.5 Å². The second-order valence-electron chi connectivity index (χ2n) is 7.30. The zero-order valence-corrected chi connectivity index (χ0v) is 19.3. The fourth-order valence-corrected chi connectivity index (χ4v) is 3.92. The smallest absolute Gasteiger partial charge is 0.270 e. The van der Waals surface area contributed by atoms with Crippen LogP contribution in [0.1, 0.15) is 27.7 Å². The molecule has 0 saturated carbocycles. The Bertz CT molecular complexity index is 1020. The first-order valence-electron chi connectivity index (χ1n) is 11.5. The van der Waals surface area contributed by atoms with Gasteiger partial charge in [-0.3, -0.25) is 20.1 Å². The van der Waals surface area contributed by atoms with E-state index in [1.54, 1.807) is 18.3 Å². The average molecular weight is 440 g/mol. The van der Waals surface area contributed by atoms with Crippen LogP contribution in [0.3, 0.4) is 0 Å². The normalized spacial score (nSPS) is 16.4. The summed E-state index contributed by atoms with van der Waals surface area (Å²) in [6.45, 7) is 14.1. The Morgan fingerprint density at radius 1 is 1.03 bits per heavy atom. The van der Waals surface area contributed by atoms with Crippen LogP contribution < -0.4 is 10.2 Å². The minimum absolute atomic E-state index is 0.0611. The number of aromatic amines is 1. The molecule has 1 aromatic carbocycles. The number of hydrogen-bond donors (Lipinski definition) is 2. The van der Waals surface area contributed by atoms with Crippen molar-refractivity contribution in [2.24, 2.45) is 0 Å². The van der Waals surface area contributed by atoms with E-state index in [1.807, 2.05) is 39.8 Å². The molecule has 2 aliphatic rings. The predicted molar refractivity (Wildman–Crippen MR) is 129 cm³/mol. The summed E-state index contributed by atoms with van der Waals surface area (Å²) in [5, 5.41) is 22.6. The molecule has 5 rings (SSSR count). The Labute approximate surface area is 189 Å². The highest BCUT2D eigenvalue weighted by atomic mass is 16.6. The number of anilines is 1. The van der Waals surface area contributed by atoms with E-state index in [2.05, 4.69) is 30.3 Å². The number of nitro groups is 1. The summed E-state index contributed by atoms with van der Waals surface area (Å²) in [6, 6.07) is 9.34. The van der Waals surface area contributed by atoms with E-state index in [-0.39, 0.29) is 10.6 Å². The van der Waals surface area contributed by atoms with Crippen molar-refractivity contribution in [3.05, 3.63) is 46.6 Å². The molecule has 0 bridgehead atoms. The summed E-state index contributed by atoms with van der Waals surface area (Å²) in [4.78, 5) is 20.1. The molecule has 32 heavy (non-hydrogen) atoms. The maximum atomic E-state index is 11.1. The Morgan fingerprint density at radius 3 is 2.38 bits per heavy atom. The first kappa shape index (κ1) is 23.6. The molecule has 0 atom stereocenters. The minimum atomic E-state index is -0.384. The summed E-state index contributed by atoms with van der Waals surface area (Å²) in [7, 11) is 0. The van der Waals surface area contributed by atoms with Crippen molar-refractivity contribution in [2.45, 2.75) is 33.7 Å². The van der Waals surface area contributed by atoms with E-state index < -0.39 is 0 Å². The Hall–Kier alpha value is -3.04. The van der Waals surface area contributed by atoms with E-state index in [9.17, 15) is 10.1 Å². The molecule has 2 aliphatic heterocycles.